The second kappa shape index (κ2) is 8.17. The standard InChI is InChI=1S/C16H27N3O2/c1-13-15(14(2)21-18-13)7-8-16(20)17-9-12-19-10-5-3-4-6-11-19/h3-12H2,1-2H3,(H,17,20). The lowest BCUT2D eigenvalue weighted by atomic mass is 10.1. The summed E-state index contributed by atoms with van der Waals surface area (Å²) in [6.45, 7) is 7.89. The highest BCUT2D eigenvalue weighted by Gasteiger charge is 2.12. The molecule has 1 aromatic heterocycles. The Balaban J connectivity index is 1.63. The van der Waals surface area contributed by atoms with Crippen LogP contribution < -0.4 is 5.32 Å². The molecule has 1 saturated heterocycles. The normalized spacial score (nSPS) is 16.7. The van der Waals surface area contributed by atoms with Crippen molar-refractivity contribution >= 4 is 5.91 Å². The maximum absolute atomic E-state index is 11.9. The number of amides is 1. The Morgan fingerprint density at radius 1 is 1.24 bits per heavy atom. The van der Waals surface area contributed by atoms with E-state index in [0.717, 1.165) is 30.1 Å². The fourth-order valence-electron chi connectivity index (χ4n) is 2.90. The monoisotopic (exact) mass is 293 g/mol. The van der Waals surface area contributed by atoms with Crippen molar-refractivity contribution in [1.82, 2.24) is 15.4 Å². The molecule has 0 radical (unpaired) electrons. The SMILES string of the molecule is Cc1noc(C)c1CCC(=O)NCCN1CCCCCC1. The zero-order valence-corrected chi connectivity index (χ0v) is 13.3. The van der Waals surface area contributed by atoms with Gasteiger partial charge in [-0.1, -0.05) is 18.0 Å². The Hall–Kier alpha value is -1.36. The van der Waals surface area contributed by atoms with Gasteiger partial charge >= 0.3 is 0 Å². The fourth-order valence-corrected chi connectivity index (χ4v) is 2.90. The van der Waals surface area contributed by atoms with Crippen LogP contribution in [0.15, 0.2) is 4.52 Å². The molecule has 2 rings (SSSR count). The summed E-state index contributed by atoms with van der Waals surface area (Å²) in [5.74, 6) is 0.940. The highest BCUT2D eigenvalue weighted by molar-refractivity contribution is 5.76. The van der Waals surface area contributed by atoms with Gasteiger partial charge in [-0.3, -0.25) is 4.79 Å². The van der Waals surface area contributed by atoms with Gasteiger partial charge in [-0.05, 0) is 46.2 Å². The van der Waals surface area contributed by atoms with Gasteiger partial charge in [-0.2, -0.15) is 0 Å². The zero-order valence-electron chi connectivity index (χ0n) is 13.3. The van der Waals surface area contributed by atoms with E-state index in [4.69, 9.17) is 4.52 Å². The lowest BCUT2D eigenvalue weighted by Gasteiger charge is -2.19. The molecular formula is C16H27N3O2. The zero-order chi connectivity index (χ0) is 15.1. The van der Waals surface area contributed by atoms with E-state index in [2.05, 4.69) is 15.4 Å². The number of rotatable bonds is 6. The minimum Gasteiger partial charge on any atom is -0.361 e. The van der Waals surface area contributed by atoms with Crippen molar-refractivity contribution < 1.29 is 9.32 Å². The van der Waals surface area contributed by atoms with Crippen molar-refractivity contribution in [3.05, 3.63) is 17.0 Å². The van der Waals surface area contributed by atoms with Crippen molar-refractivity contribution in [3.63, 3.8) is 0 Å². The summed E-state index contributed by atoms with van der Waals surface area (Å²) in [7, 11) is 0. The Morgan fingerprint density at radius 2 is 1.95 bits per heavy atom. The number of hydrogen-bond donors (Lipinski definition) is 1. The van der Waals surface area contributed by atoms with Crippen molar-refractivity contribution in [2.24, 2.45) is 0 Å². The third kappa shape index (κ3) is 5.16. The Morgan fingerprint density at radius 3 is 2.57 bits per heavy atom. The summed E-state index contributed by atoms with van der Waals surface area (Å²) in [6, 6.07) is 0. The second-order valence-electron chi connectivity index (χ2n) is 5.91. The van der Waals surface area contributed by atoms with Gasteiger partial charge in [0.1, 0.15) is 5.76 Å². The molecule has 21 heavy (non-hydrogen) atoms. The first-order chi connectivity index (χ1) is 10.2. The van der Waals surface area contributed by atoms with Crippen LogP contribution in [0, 0.1) is 13.8 Å². The molecule has 0 bridgehead atoms. The number of likely N-dealkylation sites (tertiary alicyclic amines) is 1. The van der Waals surface area contributed by atoms with Crippen LogP contribution in [0.5, 0.6) is 0 Å². The average Bonchev–Trinajstić information content (AvgIpc) is 2.68. The van der Waals surface area contributed by atoms with Gasteiger partial charge in [-0.15, -0.1) is 0 Å². The third-order valence-corrected chi connectivity index (χ3v) is 4.23. The van der Waals surface area contributed by atoms with Gasteiger partial charge in [-0.25, -0.2) is 0 Å². The first-order valence-corrected chi connectivity index (χ1v) is 8.07. The fraction of sp³-hybridized carbons (Fsp3) is 0.750. The van der Waals surface area contributed by atoms with E-state index in [1.807, 2.05) is 13.8 Å². The predicted molar refractivity (Wildman–Crippen MR) is 82.2 cm³/mol. The first-order valence-electron chi connectivity index (χ1n) is 8.07. The van der Waals surface area contributed by atoms with Crippen LogP contribution in [-0.2, 0) is 11.2 Å². The smallest absolute Gasteiger partial charge is 0.220 e. The van der Waals surface area contributed by atoms with Gasteiger partial charge in [0, 0.05) is 25.1 Å². The quantitative estimate of drug-likeness (QED) is 0.873. The third-order valence-electron chi connectivity index (χ3n) is 4.23. The van der Waals surface area contributed by atoms with Crippen molar-refractivity contribution in [1.29, 1.82) is 0 Å². The summed E-state index contributed by atoms with van der Waals surface area (Å²) in [5, 5.41) is 6.93. The maximum atomic E-state index is 11.9. The van der Waals surface area contributed by atoms with Crippen LogP contribution in [0.4, 0.5) is 0 Å². The second-order valence-corrected chi connectivity index (χ2v) is 5.91. The van der Waals surface area contributed by atoms with E-state index in [1.54, 1.807) is 0 Å². The highest BCUT2D eigenvalue weighted by atomic mass is 16.5. The van der Waals surface area contributed by atoms with Gasteiger partial charge in [0.2, 0.25) is 5.91 Å². The molecule has 1 aliphatic heterocycles. The highest BCUT2D eigenvalue weighted by Crippen LogP contribution is 2.14. The summed E-state index contributed by atoms with van der Waals surface area (Å²) in [6.07, 6.45) is 6.49. The number of nitrogens with one attached hydrogen (secondary N) is 1. The first kappa shape index (κ1) is 16.0. The Bertz CT molecular complexity index is 429. The molecule has 1 N–H and O–H groups in total. The van der Waals surface area contributed by atoms with E-state index in [1.165, 1.54) is 38.8 Å². The Kier molecular flexibility index (Phi) is 6.23. The van der Waals surface area contributed by atoms with Crippen LogP contribution in [0.25, 0.3) is 0 Å². The van der Waals surface area contributed by atoms with E-state index in [9.17, 15) is 4.79 Å². The summed E-state index contributed by atoms with van der Waals surface area (Å²) < 4.78 is 5.11. The van der Waals surface area contributed by atoms with Crippen LogP contribution in [0.3, 0.4) is 0 Å². The molecule has 1 aliphatic rings. The van der Waals surface area contributed by atoms with Crippen LogP contribution in [0.2, 0.25) is 0 Å². The minimum atomic E-state index is 0.116. The molecule has 1 fully saturated rings. The topological polar surface area (TPSA) is 58.4 Å². The number of carbonyl (C=O) groups excluding carboxylic acids is 1. The van der Waals surface area contributed by atoms with E-state index >= 15 is 0 Å². The Labute approximate surface area is 127 Å². The number of nitrogens with zero attached hydrogens (tertiary/aromatic N) is 2. The molecule has 0 saturated carbocycles. The summed E-state index contributed by atoms with van der Waals surface area (Å²) in [5.41, 5.74) is 1.96. The van der Waals surface area contributed by atoms with Crippen molar-refractivity contribution in [2.45, 2.75) is 52.4 Å². The van der Waals surface area contributed by atoms with Crippen molar-refractivity contribution in [3.8, 4) is 0 Å². The minimum absolute atomic E-state index is 0.116. The maximum Gasteiger partial charge on any atom is 0.220 e. The number of carbonyl (C=O) groups is 1. The van der Waals surface area contributed by atoms with E-state index in [0.29, 0.717) is 12.8 Å². The molecule has 5 nitrogen and oxygen atoms in total. The molecule has 2 heterocycles. The molecule has 0 aromatic carbocycles. The molecule has 0 spiro atoms. The van der Waals surface area contributed by atoms with Crippen molar-refractivity contribution in [2.75, 3.05) is 26.2 Å². The van der Waals surface area contributed by atoms with Crippen LogP contribution in [0.1, 0.15) is 49.1 Å². The van der Waals surface area contributed by atoms with Crippen LogP contribution >= 0.6 is 0 Å². The molecule has 0 atom stereocenters. The predicted octanol–water partition coefficient (Wildman–Crippen LogP) is 2.22. The lowest BCUT2D eigenvalue weighted by Crippen LogP contribution is -2.35. The summed E-state index contributed by atoms with van der Waals surface area (Å²) >= 11 is 0. The van der Waals surface area contributed by atoms with Gasteiger partial charge < -0.3 is 14.7 Å². The van der Waals surface area contributed by atoms with Gasteiger partial charge in [0.05, 0.1) is 5.69 Å². The lowest BCUT2D eigenvalue weighted by molar-refractivity contribution is -0.121. The average molecular weight is 293 g/mol. The van der Waals surface area contributed by atoms with E-state index in [-0.39, 0.29) is 5.91 Å². The molecular weight excluding hydrogens is 266 g/mol. The molecule has 118 valence electrons. The molecule has 0 aliphatic carbocycles. The van der Waals surface area contributed by atoms with Crippen LogP contribution in [-0.4, -0.2) is 42.1 Å². The molecule has 0 unspecified atom stereocenters. The molecule has 5 heteroatoms. The van der Waals surface area contributed by atoms with Gasteiger partial charge in [0.15, 0.2) is 0 Å². The number of aromatic nitrogens is 1. The summed E-state index contributed by atoms with van der Waals surface area (Å²) in [4.78, 5) is 14.3. The number of aryl methyl sites for hydroxylation is 2. The molecule has 1 amide bonds. The van der Waals surface area contributed by atoms with Gasteiger partial charge in [0.25, 0.3) is 0 Å². The largest absolute Gasteiger partial charge is 0.361 e. The van der Waals surface area contributed by atoms with E-state index < -0.39 is 0 Å². The molecule has 1 aromatic rings. The number of hydrogen-bond acceptors (Lipinski definition) is 4.